The molecule has 0 fully saturated rings. The van der Waals surface area contributed by atoms with Crippen molar-refractivity contribution in [1.29, 1.82) is 0 Å². The third-order valence-electron chi connectivity index (χ3n) is 6.99. The van der Waals surface area contributed by atoms with Gasteiger partial charge in [-0.3, -0.25) is 14.6 Å². The summed E-state index contributed by atoms with van der Waals surface area (Å²) < 4.78 is 0. The molecule has 0 aliphatic carbocycles. The number of aryl methyl sites for hydroxylation is 3. The van der Waals surface area contributed by atoms with Gasteiger partial charge in [0.25, 0.3) is 5.91 Å². The van der Waals surface area contributed by atoms with E-state index in [1.54, 1.807) is 30.1 Å². The Morgan fingerprint density at radius 1 is 0.927 bits per heavy atom. The van der Waals surface area contributed by atoms with Gasteiger partial charge in [-0.2, -0.15) is 0 Å². The number of benzene rings is 3. The summed E-state index contributed by atoms with van der Waals surface area (Å²) in [6.45, 7) is 6.75. The number of rotatable bonds is 10. The fourth-order valence-corrected chi connectivity index (χ4v) is 4.92. The molecule has 0 aliphatic rings. The van der Waals surface area contributed by atoms with Gasteiger partial charge in [-0.1, -0.05) is 55.5 Å². The first-order chi connectivity index (χ1) is 19.8. The van der Waals surface area contributed by atoms with Crippen LogP contribution >= 0.6 is 0 Å². The third-order valence-corrected chi connectivity index (χ3v) is 6.99. The molecule has 210 valence electrons. The molecule has 4 aromatic rings. The molecule has 1 aromatic heterocycles. The molecule has 9 nitrogen and oxygen atoms in total. The Kier molecular flexibility index (Phi) is 9.08. The molecule has 4 rings (SSSR count). The Balaban J connectivity index is 1.67. The maximum atomic E-state index is 14.1. The van der Waals surface area contributed by atoms with Crippen LogP contribution in [0.2, 0.25) is 0 Å². The number of hydrogen-bond acceptors (Lipinski definition) is 7. The van der Waals surface area contributed by atoms with E-state index in [0.717, 1.165) is 34.4 Å². The van der Waals surface area contributed by atoms with Gasteiger partial charge in [0.15, 0.2) is 0 Å². The number of carbonyl (C=O) groups excluding carboxylic acids is 2. The number of aromatic nitrogens is 2. The second-order valence-electron chi connectivity index (χ2n) is 9.63. The Morgan fingerprint density at radius 3 is 2.34 bits per heavy atom. The molecular formula is C32H35N7O2. The first-order valence-electron chi connectivity index (χ1n) is 13.4. The molecule has 0 unspecified atom stereocenters. The largest absolute Gasteiger partial charge is 0.383 e. The lowest BCUT2D eigenvalue weighted by Gasteiger charge is -2.27. The number of nitrogen functional groups attached to an aromatic ring is 1. The fraction of sp³-hybridized carbons (Fsp3) is 0.219. The number of aliphatic imine (C=N–C) groups is 1. The molecule has 0 saturated carbocycles. The summed E-state index contributed by atoms with van der Waals surface area (Å²) in [7, 11) is 1.63. The van der Waals surface area contributed by atoms with Crippen LogP contribution in [0, 0.1) is 13.8 Å². The van der Waals surface area contributed by atoms with E-state index in [1.807, 2.05) is 62.4 Å². The van der Waals surface area contributed by atoms with Crippen LogP contribution in [-0.4, -0.2) is 47.6 Å². The van der Waals surface area contributed by atoms with E-state index in [2.05, 4.69) is 27.2 Å². The van der Waals surface area contributed by atoms with Crippen LogP contribution < -0.4 is 21.7 Å². The van der Waals surface area contributed by atoms with Gasteiger partial charge in [0, 0.05) is 42.5 Å². The van der Waals surface area contributed by atoms with Crippen molar-refractivity contribution in [3.8, 4) is 0 Å². The zero-order chi connectivity index (χ0) is 29.5. The van der Waals surface area contributed by atoms with Crippen molar-refractivity contribution in [1.82, 2.24) is 9.97 Å². The molecule has 0 atom stereocenters. The molecule has 41 heavy (non-hydrogen) atoms. The highest BCUT2D eigenvalue weighted by Gasteiger charge is 2.24. The Hall–Kier alpha value is -5.05. The van der Waals surface area contributed by atoms with Crippen LogP contribution in [0.15, 0.2) is 78.0 Å². The second-order valence-corrected chi connectivity index (χ2v) is 9.63. The van der Waals surface area contributed by atoms with Crippen molar-refractivity contribution in [2.24, 2.45) is 10.7 Å². The summed E-state index contributed by atoms with van der Waals surface area (Å²) in [4.78, 5) is 40.8. The molecule has 0 spiro atoms. The number of carbonyl (C=O) groups is 2. The Morgan fingerprint density at radius 2 is 1.63 bits per heavy atom. The summed E-state index contributed by atoms with van der Waals surface area (Å²) in [5.74, 6) is 0.0909. The molecule has 0 saturated heterocycles. The minimum absolute atomic E-state index is 0.0578. The van der Waals surface area contributed by atoms with Crippen molar-refractivity contribution in [2.75, 3.05) is 36.1 Å². The van der Waals surface area contributed by atoms with Crippen LogP contribution in [0.25, 0.3) is 0 Å². The number of nitrogens with two attached hydrogens (primary N) is 2. The average molecular weight is 550 g/mol. The van der Waals surface area contributed by atoms with Crippen molar-refractivity contribution < 1.29 is 9.59 Å². The topological polar surface area (TPSA) is 140 Å². The monoisotopic (exact) mass is 549 g/mol. The standard InChI is InChI=1S/C32H35N7O2/c1-5-22-12-8-11-21(3)26(22)32(41)39(25-15-7-6-10-20(25)2)17-16-36-31-27(29(33)37-19-38-31)28(35-4)23-13-9-14-24(18-23)30(34)40/h6-15,18-19H,5,16-17H2,1-4H3,(H2,34,40)(H3,33,36,37,38). The van der Waals surface area contributed by atoms with Gasteiger partial charge >= 0.3 is 0 Å². The predicted molar refractivity (Wildman–Crippen MR) is 165 cm³/mol. The van der Waals surface area contributed by atoms with E-state index >= 15 is 0 Å². The number of nitrogens with one attached hydrogen (secondary N) is 1. The van der Waals surface area contributed by atoms with Crippen LogP contribution in [0.4, 0.5) is 17.3 Å². The minimum atomic E-state index is -0.543. The van der Waals surface area contributed by atoms with Crippen molar-refractivity contribution in [3.05, 3.63) is 112 Å². The molecule has 0 bridgehead atoms. The lowest BCUT2D eigenvalue weighted by atomic mass is 9.98. The minimum Gasteiger partial charge on any atom is -0.383 e. The third kappa shape index (κ3) is 6.24. The van der Waals surface area contributed by atoms with Gasteiger partial charge < -0.3 is 21.7 Å². The van der Waals surface area contributed by atoms with Gasteiger partial charge in [0.2, 0.25) is 5.91 Å². The van der Waals surface area contributed by atoms with E-state index < -0.39 is 5.91 Å². The average Bonchev–Trinajstić information content (AvgIpc) is 2.97. The summed E-state index contributed by atoms with van der Waals surface area (Å²) in [5.41, 5.74) is 18.3. The SMILES string of the molecule is CCc1cccc(C)c1C(=O)N(CCNc1ncnc(N)c1C(=NC)c1cccc(C(N)=O)c1)c1ccccc1C. The zero-order valence-corrected chi connectivity index (χ0v) is 23.8. The van der Waals surface area contributed by atoms with Gasteiger partial charge in [0.1, 0.15) is 18.0 Å². The summed E-state index contributed by atoms with van der Waals surface area (Å²) in [5, 5.41) is 3.35. The first kappa shape index (κ1) is 28.9. The quantitative estimate of drug-likeness (QED) is 0.248. The molecule has 2 amide bonds. The molecule has 3 aromatic carbocycles. The van der Waals surface area contributed by atoms with E-state index in [0.29, 0.717) is 41.3 Å². The molecule has 1 heterocycles. The summed E-state index contributed by atoms with van der Waals surface area (Å²) in [6.07, 6.45) is 2.13. The number of primary amides is 1. The van der Waals surface area contributed by atoms with E-state index in [4.69, 9.17) is 11.5 Å². The van der Waals surface area contributed by atoms with Gasteiger partial charge in [-0.25, -0.2) is 9.97 Å². The molecule has 0 aliphatic heterocycles. The smallest absolute Gasteiger partial charge is 0.258 e. The fourth-order valence-electron chi connectivity index (χ4n) is 4.92. The summed E-state index contributed by atoms with van der Waals surface area (Å²) in [6, 6.07) is 20.6. The lowest BCUT2D eigenvalue weighted by molar-refractivity contribution is 0.0982. The van der Waals surface area contributed by atoms with E-state index in [9.17, 15) is 9.59 Å². The van der Waals surface area contributed by atoms with Crippen molar-refractivity contribution in [2.45, 2.75) is 27.2 Å². The molecular weight excluding hydrogens is 514 g/mol. The zero-order valence-electron chi connectivity index (χ0n) is 23.8. The van der Waals surface area contributed by atoms with Crippen LogP contribution in [0.5, 0.6) is 0 Å². The Bertz CT molecular complexity index is 1610. The van der Waals surface area contributed by atoms with Gasteiger partial charge in [0.05, 0.1) is 11.3 Å². The van der Waals surface area contributed by atoms with Crippen molar-refractivity contribution in [3.63, 3.8) is 0 Å². The lowest BCUT2D eigenvalue weighted by Crippen LogP contribution is -2.37. The summed E-state index contributed by atoms with van der Waals surface area (Å²) >= 11 is 0. The predicted octanol–water partition coefficient (Wildman–Crippen LogP) is 4.56. The number of para-hydroxylation sites is 1. The number of anilines is 3. The van der Waals surface area contributed by atoms with Crippen LogP contribution in [0.1, 0.15) is 55.5 Å². The maximum absolute atomic E-state index is 14.1. The molecule has 0 radical (unpaired) electrons. The number of amides is 2. The van der Waals surface area contributed by atoms with Gasteiger partial charge in [-0.15, -0.1) is 0 Å². The van der Waals surface area contributed by atoms with E-state index in [1.165, 1.54) is 6.33 Å². The highest BCUT2D eigenvalue weighted by atomic mass is 16.2. The van der Waals surface area contributed by atoms with E-state index in [-0.39, 0.29) is 11.7 Å². The highest BCUT2D eigenvalue weighted by Crippen LogP contribution is 2.26. The number of hydrogen-bond donors (Lipinski definition) is 3. The van der Waals surface area contributed by atoms with Crippen LogP contribution in [0.3, 0.4) is 0 Å². The molecule has 9 heteroatoms. The highest BCUT2D eigenvalue weighted by molar-refractivity contribution is 6.18. The van der Waals surface area contributed by atoms with Crippen LogP contribution in [-0.2, 0) is 6.42 Å². The van der Waals surface area contributed by atoms with Gasteiger partial charge in [-0.05, 0) is 55.2 Å². The maximum Gasteiger partial charge on any atom is 0.258 e. The normalized spacial score (nSPS) is 11.3. The second kappa shape index (κ2) is 12.9. The first-order valence-corrected chi connectivity index (χ1v) is 13.4. The molecule has 5 N–H and O–H groups in total. The Labute approximate surface area is 240 Å². The number of nitrogens with zero attached hydrogens (tertiary/aromatic N) is 4. The van der Waals surface area contributed by atoms with Crippen molar-refractivity contribution >= 4 is 34.8 Å².